The smallest absolute Gasteiger partial charge is 0.257 e. The second-order valence-corrected chi connectivity index (χ2v) is 10.9. The van der Waals surface area contributed by atoms with Crippen LogP contribution in [0.2, 0.25) is 5.02 Å². The van der Waals surface area contributed by atoms with Gasteiger partial charge in [0.1, 0.15) is 11.3 Å². The SMILES string of the molecule is O=C1c2cccc(O)c2NC(=O)C2(Cc3ccccc3C2)N1Cc1ccccc1Sc1ccc(Cl)cc1. The molecule has 1 aliphatic heterocycles. The van der Waals surface area contributed by atoms with Gasteiger partial charge in [-0.1, -0.05) is 71.9 Å². The van der Waals surface area contributed by atoms with E-state index in [2.05, 4.69) is 5.32 Å². The predicted octanol–water partition coefficient (Wildman–Crippen LogP) is 6.33. The third-order valence-electron chi connectivity index (χ3n) is 7.12. The molecule has 0 fully saturated rings. The van der Waals surface area contributed by atoms with E-state index < -0.39 is 5.54 Å². The maximum absolute atomic E-state index is 14.2. The summed E-state index contributed by atoms with van der Waals surface area (Å²) >= 11 is 7.66. The molecular formula is C30H23ClN2O3S. The van der Waals surface area contributed by atoms with E-state index in [-0.39, 0.29) is 35.4 Å². The number of aromatic hydroxyl groups is 1. The van der Waals surface area contributed by atoms with Crippen LogP contribution in [-0.2, 0) is 24.2 Å². The van der Waals surface area contributed by atoms with Gasteiger partial charge in [0.2, 0.25) is 0 Å². The van der Waals surface area contributed by atoms with Crippen LogP contribution < -0.4 is 5.32 Å². The Morgan fingerprint density at radius 3 is 2.27 bits per heavy atom. The van der Waals surface area contributed by atoms with E-state index in [1.807, 2.05) is 72.8 Å². The largest absolute Gasteiger partial charge is 0.506 e. The van der Waals surface area contributed by atoms with Crippen LogP contribution in [0.5, 0.6) is 5.75 Å². The Balaban J connectivity index is 1.45. The van der Waals surface area contributed by atoms with Gasteiger partial charge in [-0.15, -0.1) is 0 Å². The number of hydrogen-bond acceptors (Lipinski definition) is 4. The number of nitrogens with zero attached hydrogens (tertiary/aromatic N) is 1. The number of rotatable bonds is 4. The van der Waals surface area contributed by atoms with Gasteiger partial charge in [0.05, 0.1) is 11.3 Å². The zero-order valence-electron chi connectivity index (χ0n) is 19.8. The molecule has 0 radical (unpaired) electrons. The number of anilines is 1. The molecule has 0 unspecified atom stereocenters. The topological polar surface area (TPSA) is 69.6 Å². The molecule has 4 aromatic carbocycles. The second kappa shape index (κ2) is 9.29. The molecule has 1 aliphatic carbocycles. The van der Waals surface area contributed by atoms with Crippen molar-refractivity contribution in [3.63, 3.8) is 0 Å². The van der Waals surface area contributed by atoms with E-state index in [1.165, 1.54) is 6.07 Å². The summed E-state index contributed by atoms with van der Waals surface area (Å²) in [5.41, 5.74) is 2.36. The van der Waals surface area contributed by atoms with Gasteiger partial charge in [0.25, 0.3) is 11.8 Å². The Kier molecular flexibility index (Phi) is 5.94. The molecule has 7 heteroatoms. The quantitative estimate of drug-likeness (QED) is 0.305. The number of halogens is 1. The Morgan fingerprint density at radius 1 is 0.865 bits per heavy atom. The van der Waals surface area contributed by atoms with E-state index in [0.717, 1.165) is 26.5 Å². The number of fused-ring (bicyclic) bond motifs is 2. The van der Waals surface area contributed by atoms with Crippen molar-refractivity contribution in [2.45, 2.75) is 34.7 Å². The molecule has 1 spiro atoms. The van der Waals surface area contributed by atoms with Crippen LogP contribution in [0, 0.1) is 0 Å². The van der Waals surface area contributed by atoms with Crippen molar-refractivity contribution in [3.05, 3.63) is 118 Å². The molecule has 0 atom stereocenters. The van der Waals surface area contributed by atoms with Crippen LogP contribution in [-0.4, -0.2) is 27.4 Å². The summed E-state index contributed by atoms with van der Waals surface area (Å²) in [7, 11) is 0. The minimum atomic E-state index is -1.12. The second-order valence-electron chi connectivity index (χ2n) is 9.36. The number of nitrogens with one attached hydrogen (secondary N) is 1. The van der Waals surface area contributed by atoms with E-state index in [9.17, 15) is 14.7 Å². The summed E-state index contributed by atoms with van der Waals surface area (Å²) in [6.07, 6.45) is 0.810. The molecule has 0 aromatic heterocycles. The van der Waals surface area contributed by atoms with Crippen LogP contribution in [0.15, 0.2) is 101 Å². The minimum Gasteiger partial charge on any atom is -0.506 e. The number of carbonyl (C=O) groups is 2. The van der Waals surface area contributed by atoms with Crippen molar-refractivity contribution >= 4 is 40.9 Å². The van der Waals surface area contributed by atoms with Crippen LogP contribution in [0.3, 0.4) is 0 Å². The molecule has 6 rings (SSSR count). The normalized spacial score (nSPS) is 15.8. The molecule has 0 saturated carbocycles. The fraction of sp³-hybridized carbons (Fsp3) is 0.133. The van der Waals surface area contributed by atoms with Crippen molar-refractivity contribution in [2.24, 2.45) is 0 Å². The Labute approximate surface area is 224 Å². The van der Waals surface area contributed by atoms with E-state index in [4.69, 9.17) is 11.6 Å². The molecule has 37 heavy (non-hydrogen) atoms. The lowest BCUT2D eigenvalue weighted by Crippen LogP contribution is -2.58. The third kappa shape index (κ3) is 4.16. The highest BCUT2D eigenvalue weighted by Crippen LogP contribution is 2.43. The molecule has 5 nitrogen and oxygen atoms in total. The standard InChI is InChI=1S/C30H23ClN2O3S/c31-22-12-14-23(15-13-22)37-26-11-4-3-8-21(26)18-33-28(35)24-9-5-10-25(34)27(24)32-29(36)30(33)16-19-6-1-2-7-20(19)17-30/h1-15,34H,16-18H2,(H,32,36). The van der Waals surface area contributed by atoms with E-state index >= 15 is 0 Å². The molecular weight excluding hydrogens is 504 g/mol. The molecule has 1 heterocycles. The van der Waals surface area contributed by atoms with Gasteiger partial charge in [0.15, 0.2) is 0 Å². The predicted molar refractivity (Wildman–Crippen MR) is 145 cm³/mol. The number of benzene rings is 4. The average Bonchev–Trinajstić information content (AvgIpc) is 3.27. The highest BCUT2D eigenvalue weighted by Gasteiger charge is 2.52. The average molecular weight is 527 g/mol. The Hall–Kier alpha value is -3.74. The fourth-order valence-electron chi connectivity index (χ4n) is 5.25. The summed E-state index contributed by atoms with van der Waals surface area (Å²) in [6, 6.07) is 28.2. The number of carbonyl (C=O) groups excluding carboxylic acids is 2. The van der Waals surface area contributed by atoms with Gasteiger partial charge in [-0.25, -0.2) is 0 Å². The first-order chi connectivity index (χ1) is 17.9. The van der Waals surface area contributed by atoms with E-state index in [0.29, 0.717) is 17.9 Å². The van der Waals surface area contributed by atoms with Crippen LogP contribution in [0.1, 0.15) is 27.0 Å². The monoisotopic (exact) mass is 526 g/mol. The van der Waals surface area contributed by atoms with Crippen LogP contribution in [0.25, 0.3) is 0 Å². The summed E-state index contributed by atoms with van der Waals surface area (Å²) in [6.45, 7) is 0.242. The lowest BCUT2D eigenvalue weighted by Gasteiger charge is -2.38. The molecule has 2 aliphatic rings. The number of phenols is 1. The minimum absolute atomic E-state index is 0.120. The number of amides is 2. The van der Waals surface area contributed by atoms with Crippen molar-refractivity contribution in [1.82, 2.24) is 4.90 Å². The first-order valence-corrected chi connectivity index (χ1v) is 13.2. The van der Waals surface area contributed by atoms with Gasteiger partial charge in [-0.3, -0.25) is 9.59 Å². The first-order valence-electron chi connectivity index (χ1n) is 12.0. The Bertz CT molecular complexity index is 1510. The number of phenolic OH excluding ortho intramolecular Hbond substituents is 1. The summed E-state index contributed by atoms with van der Waals surface area (Å²) in [5, 5.41) is 14.1. The summed E-state index contributed by atoms with van der Waals surface area (Å²) in [4.78, 5) is 31.8. The van der Waals surface area contributed by atoms with Crippen molar-refractivity contribution in [3.8, 4) is 5.75 Å². The molecule has 2 amide bonds. The van der Waals surface area contributed by atoms with Crippen LogP contribution >= 0.6 is 23.4 Å². The zero-order chi connectivity index (χ0) is 25.6. The number of para-hydroxylation sites is 1. The third-order valence-corrected chi connectivity index (χ3v) is 8.50. The Morgan fingerprint density at radius 2 is 1.54 bits per heavy atom. The molecule has 184 valence electrons. The lowest BCUT2D eigenvalue weighted by molar-refractivity contribution is -0.126. The number of hydrogen-bond donors (Lipinski definition) is 2. The molecule has 2 N–H and O–H groups in total. The molecule has 0 saturated heterocycles. The highest BCUT2D eigenvalue weighted by atomic mass is 35.5. The van der Waals surface area contributed by atoms with Gasteiger partial charge in [0, 0.05) is 34.2 Å². The summed E-state index contributed by atoms with van der Waals surface area (Å²) < 4.78 is 0. The van der Waals surface area contributed by atoms with Gasteiger partial charge >= 0.3 is 0 Å². The highest BCUT2D eigenvalue weighted by molar-refractivity contribution is 7.99. The van der Waals surface area contributed by atoms with Crippen molar-refractivity contribution in [2.75, 3.05) is 5.32 Å². The van der Waals surface area contributed by atoms with Crippen molar-refractivity contribution < 1.29 is 14.7 Å². The first kappa shape index (κ1) is 23.6. The fourth-order valence-corrected chi connectivity index (χ4v) is 6.31. The van der Waals surface area contributed by atoms with Gasteiger partial charge in [-0.2, -0.15) is 0 Å². The van der Waals surface area contributed by atoms with Crippen LogP contribution in [0.4, 0.5) is 5.69 Å². The van der Waals surface area contributed by atoms with Gasteiger partial charge in [-0.05, 0) is 59.2 Å². The molecule has 4 aromatic rings. The molecule has 0 bridgehead atoms. The zero-order valence-corrected chi connectivity index (χ0v) is 21.4. The van der Waals surface area contributed by atoms with Crippen molar-refractivity contribution in [1.29, 1.82) is 0 Å². The maximum atomic E-state index is 14.2. The maximum Gasteiger partial charge on any atom is 0.257 e. The van der Waals surface area contributed by atoms with Gasteiger partial charge < -0.3 is 15.3 Å². The summed E-state index contributed by atoms with van der Waals surface area (Å²) in [5.74, 6) is -0.700. The van der Waals surface area contributed by atoms with E-state index in [1.54, 1.807) is 28.8 Å². The lowest BCUT2D eigenvalue weighted by atomic mass is 9.91.